The molecule has 0 saturated carbocycles. The minimum atomic E-state index is -1.21. The molecule has 3 rings (SSSR count). The maximum absolute atomic E-state index is 12.6. The first-order valence-corrected chi connectivity index (χ1v) is 9.47. The van der Waals surface area contributed by atoms with Crippen LogP contribution in [0.5, 0.6) is 0 Å². The van der Waals surface area contributed by atoms with Crippen LogP contribution in [0.25, 0.3) is 0 Å². The molecular formula is C19H19NO2S2. The van der Waals surface area contributed by atoms with E-state index in [0.717, 1.165) is 21.6 Å². The van der Waals surface area contributed by atoms with E-state index in [1.807, 2.05) is 66.4 Å². The van der Waals surface area contributed by atoms with Crippen molar-refractivity contribution in [2.45, 2.75) is 19.4 Å². The lowest BCUT2D eigenvalue weighted by Crippen LogP contribution is -2.41. The van der Waals surface area contributed by atoms with Crippen molar-refractivity contribution in [1.82, 2.24) is 5.32 Å². The molecule has 0 radical (unpaired) electrons. The maximum atomic E-state index is 12.6. The Bertz CT molecular complexity index is 789. The molecule has 0 aliphatic rings. The number of carbonyl (C=O) groups is 1. The van der Waals surface area contributed by atoms with Crippen molar-refractivity contribution in [3.05, 3.63) is 79.7 Å². The quantitative estimate of drug-likeness (QED) is 0.722. The molecule has 0 bridgehead atoms. The highest BCUT2D eigenvalue weighted by atomic mass is 32.1. The summed E-state index contributed by atoms with van der Waals surface area (Å²) in [5, 5.41) is 19.9. The number of carbonyl (C=O) groups excluding carboxylic acids is 1. The van der Waals surface area contributed by atoms with E-state index in [4.69, 9.17) is 0 Å². The Morgan fingerprint density at radius 3 is 2.71 bits per heavy atom. The predicted octanol–water partition coefficient (Wildman–Crippen LogP) is 4.09. The molecule has 0 saturated heterocycles. The number of hydrogen-bond acceptors (Lipinski definition) is 4. The van der Waals surface area contributed by atoms with Gasteiger partial charge in [-0.2, -0.15) is 11.3 Å². The van der Waals surface area contributed by atoms with Gasteiger partial charge in [0.05, 0.1) is 6.54 Å². The highest BCUT2D eigenvalue weighted by molar-refractivity contribution is 7.10. The summed E-state index contributed by atoms with van der Waals surface area (Å²) in [5.74, 6) is -0.165. The van der Waals surface area contributed by atoms with Crippen LogP contribution >= 0.6 is 22.7 Å². The number of hydrogen-bond donors (Lipinski definition) is 2. The summed E-state index contributed by atoms with van der Waals surface area (Å²) < 4.78 is 0. The topological polar surface area (TPSA) is 49.3 Å². The molecule has 1 unspecified atom stereocenters. The van der Waals surface area contributed by atoms with Crippen LogP contribution in [0.3, 0.4) is 0 Å². The summed E-state index contributed by atoms with van der Waals surface area (Å²) in [4.78, 5) is 13.4. The van der Waals surface area contributed by atoms with Crippen molar-refractivity contribution in [2.24, 2.45) is 0 Å². The second-order valence-corrected chi connectivity index (χ2v) is 7.58. The van der Waals surface area contributed by atoms with E-state index in [1.54, 1.807) is 0 Å². The zero-order valence-electron chi connectivity index (χ0n) is 13.6. The average Bonchev–Trinajstić information content (AvgIpc) is 3.28. The molecule has 0 aliphatic carbocycles. The third-order valence-corrected chi connectivity index (χ3v) is 5.77. The Morgan fingerprint density at radius 2 is 2.04 bits per heavy atom. The van der Waals surface area contributed by atoms with Gasteiger partial charge in [0.25, 0.3) is 5.91 Å². The van der Waals surface area contributed by atoms with Crippen LogP contribution < -0.4 is 5.32 Å². The highest BCUT2D eigenvalue weighted by Gasteiger charge is 2.33. The first-order chi connectivity index (χ1) is 11.5. The van der Waals surface area contributed by atoms with Gasteiger partial charge in [-0.05, 0) is 53.8 Å². The van der Waals surface area contributed by atoms with E-state index in [-0.39, 0.29) is 12.5 Å². The second-order valence-electron chi connectivity index (χ2n) is 5.85. The third kappa shape index (κ3) is 3.29. The van der Waals surface area contributed by atoms with E-state index in [0.29, 0.717) is 5.56 Å². The van der Waals surface area contributed by atoms with Gasteiger partial charge in [0.15, 0.2) is 0 Å². The van der Waals surface area contributed by atoms with E-state index in [9.17, 15) is 9.90 Å². The molecule has 5 heteroatoms. The molecule has 124 valence electrons. The smallest absolute Gasteiger partial charge is 0.251 e. The minimum absolute atomic E-state index is 0.135. The molecule has 1 amide bonds. The minimum Gasteiger partial charge on any atom is -0.378 e. The van der Waals surface area contributed by atoms with Crippen LogP contribution in [-0.4, -0.2) is 17.6 Å². The fraction of sp³-hybridized carbons (Fsp3) is 0.211. The van der Waals surface area contributed by atoms with Crippen molar-refractivity contribution in [3.63, 3.8) is 0 Å². The van der Waals surface area contributed by atoms with Gasteiger partial charge in [-0.25, -0.2) is 0 Å². The van der Waals surface area contributed by atoms with Crippen molar-refractivity contribution >= 4 is 28.6 Å². The van der Waals surface area contributed by atoms with Crippen LogP contribution in [0.1, 0.15) is 31.9 Å². The number of amides is 1. The number of aliphatic hydroxyl groups is 1. The third-order valence-electron chi connectivity index (χ3n) is 4.07. The van der Waals surface area contributed by atoms with Gasteiger partial charge in [0, 0.05) is 16.0 Å². The molecule has 2 N–H and O–H groups in total. The SMILES string of the molecule is Cc1ccc(C)c(C(=O)NCC(O)(c2ccsc2)c2cccs2)c1. The standard InChI is InChI=1S/C19H19NO2S2/c1-13-5-6-14(2)16(10-13)18(21)20-12-19(22,15-7-9-23-11-15)17-4-3-8-24-17/h3-11,22H,12H2,1-2H3,(H,20,21). The van der Waals surface area contributed by atoms with E-state index < -0.39 is 5.60 Å². The second kappa shape index (κ2) is 6.89. The summed E-state index contributed by atoms with van der Waals surface area (Å²) >= 11 is 3.02. The van der Waals surface area contributed by atoms with Crippen LogP contribution in [0.4, 0.5) is 0 Å². The van der Waals surface area contributed by atoms with Gasteiger partial charge in [0.2, 0.25) is 0 Å². The van der Waals surface area contributed by atoms with Gasteiger partial charge < -0.3 is 10.4 Å². The van der Waals surface area contributed by atoms with Gasteiger partial charge >= 0.3 is 0 Å². The fourth-order valence-corrected chi connectivity index (χ4v) is 4.20. The van der Waals surface area contributed by atoms with Crippen molar-refractivity contribution in [3.8, 4) is 0 Å². The number of thiophene rings is 2. The van der Waals surface area contributed by atoms with E-state index in [2.05, 4.69) is 5.32 Å². The molecule has 0 fully saturated rings. The van der Waals surface area contributed by atoms with E-state index in [1.165, 1.54) is 22.7 Å². The summed E-state index contributed by atoms with van der Waals surface area (Å²) in [6, 6.07) is 11.5. The molecule has 3 aromatic rings. The number of nitrogens with one attached hydrogen (secondary N) is 1. The number of benzene rings is 1. The zero-order chi connectivity index (χ0) is 17.2. The Labute approximate surface area is 149 Å². The zero-order valence-corrected chi connectivity index (χ0v) is 15.2. The first kappa shape index (κ1) is 16.9. The lowest BCUT2D eigenvalue weighted by Gasteiger charge is -2.27. The van der Waals surface area contributed by atoms with Gasteiger partial charge in [0.1, 0.15) is 5.60 Å². The molecule has 0 aliphatic heterocycles. The molecule has 2 aromatic heterocycles. The highest BCUT2D eigenvalue weighted by Crippen LogP contribution is 2.33. The predicted molar refractivity (Wildman–Crippen MR) is 99.9 cm³/mol. The normalized spacial score (nSPS) is 13.5. The molecule has 3 nitrogen and oxygen atoms in total. The Hall–Kier alpha value is -1.95. The average molecular weight is 358 g/mol. The Balaban J connectivity index is 1.85. The lowest BCUT2D eigenvalue weighted by molar-refractivity contribution is 0.0720. The van der Waals surface area contributed by atoms with Crippen molar-refractivity contribution in [1.29, 1.82) is 0 Å². The maximum Gasteiger partial charge on any atom is 0.251 e. The molecule has 24 heavy (non-hydrogen) atoms. The van der Waals surface area contributed by atoms with Crippen molar-refractivity contribution < 1.29 is 9.90 Å². The molecule has 2 heterocycles. The van der Waals surface area contributed by atoms with Crippen LogP contribution in [0.15, 0.2) is 52.5 Å². The largest absolute Gasteiger partial charge is 0.378 e. The summed E-state index contributed by atoms with van der Waals surface area (Å²) in [5.41, 5.74) is 2.21. The Morgan fingerprint density at radius 1 is 1.21 bits per heavy atom. The van der Waals surface area contributed by atoms with Crippen LogP contribution in [-0.2, 0) is 5.60 Å². The number of aryl methyl sites for hydroxylation is 2. The first-order valence-electron chi connectivity index (χ1n) is 7.65. The van der Waals surface area contributed by atoms with Gasteiger partial charge in [-0.1, -0.05) is 23.8 Å². The van der Waals surface area contributed by atoms with Crippen LogP contribution in [0.2, 0.25) is 0 Å². The monoisotopic (exact) mass is 357 g/mol. The van der Waals surface area contributed by atoms with E-state index >= 15 is 0 Å². The molecule has 0 spiro atoms. The molecule has 1 aromatic carbocycles. The number of rotatable bonds is 5. The fourth-order valence-electron chi connectivity index (χ4n) is 2.63. The lowest BCUT2D eigenvalue weighted by atomic mass is 9.94. The summed E-state index contributed by atoms with van der Waals surface area (Å²) in [6.07, 6.45) is 0. The summed E-state index contributed by atoms with van der Waals surface area (Å²) in [6.45, 7) is 4.01. The summed E-state index contributed by atoms with van der Waals surface area (Å²) in [7, 11) is 0. The molecular weight excluding hydrogens is 338 g/mol. The molecule has 1 atom stereocenters. The van der Waals surface area contributed by atoms with Gasteiger partial charge in [-0.15, -0.1) is 11.3 Å². The van der Waals surface area contributed by atoms with Gasteiger partial charge in [-0.3, -0.25) is 4.79 Å². The van der Waals surface area contributed by atoms with Crippen LogP contribution in [0, 0.1) is 13.8 Å². The van der Waals surface area contributed by atoms with Crippen molar-refractivity contribution in [2.75, 3.05) is 6.54 Å². The Kier molecular flexibility index (Phi) is 4.85.